The zero-order valence-corrected chi connectivity index (χ0v) is 22.6. The molecule has 0 bridgehead atoms. The second-order valence-electron chi connectivity index (χ2n) is 11.7. The van der Waals surface area contributed by atoms with Crippen LogP contribution < -0.4 is 0 Å². The maximum absolute atomic E-state index is 12.9. The maximum Gasteiger partial charge on any atom is 0.0519 e. The first kappa shape index (κ1) is 28.2. The molecule has 188 valence electrons. The lowest BCUT2D eigenvalue weighted by Crippen LogP contribution is -2.18. The maximum atomic E-state index is 12.9. The molecule has 32 heavy (non-hydrogen) atoms. The number of rotatable bonds is 15. The highest BCUT2D eigenvalue weighted by atomic mass is 32.2. The van der Waals surface area contributed by atoms with Gasteiger partial charge in [0.05, 0.1) is 10.8 Å². The van der Waals surface area contributed by atoms with Gasteiger partial charge in [-0.25, -0.2) is 0 Å². The molecule has 2 rings (SSSR count). The Morgan fingerprint density at radius 2 is 1.31 bits per heavy atom. The summed E-state index contributed by atoms with van der Waals surface area (Å²) in [7, 11) is -1.62. The van der Waals surface area contributed by atoms with Crippen LogP contribution in [0, 0.1) is 10.8 Å². The van der Waals surface area contributed by atoms with Gasteiger partial charge in [-0.05, 0) is 68.6 Å². The molecule has 0 aromatic rings. The van der Waals surface area contributed by atoms with Gasteiger partial charge >= 0.3 is 0 Å². The molecule has 0 amide bonds. The van der Waals surface area contributed by atoms with Crippen molar-refractivity contribution in [3.05, 3.63) is 11.0 Å². The van der Waals surface area contributed by atoms with Gasteiger partial charge in [0.25, 0.3) is 0 Å². The fourth-order valence-electron chi connectivity index (χ4n) is 4.88. The van der Waals surface area contributed by atoms with Crippen LogP contribution in [0.1, 0.15) is 111 Å². The molecule has 1 fully saturated rings. The summed E-state index contributed by atoms with van der Waals surface area (Å²) in [5, 5.41) is 19.6. The number of aliphatic hydroxyl groups excluding tert-OH is 2. The van der Waals surface area contributed by atoms with Gasteiger partial charge in [-0.2, -0.15) is 0 Å². The number of aliphatic hydroxyl groups is 2. The summed E-state index contributed by atoms with van der Waals surface area (Å²) in [6.45, 7) is 8.83. The Morgan fingerprint density at radius 3 is 1.84 bits per heavy atom. The molecule has 2 N–H and O–H groups in total. The lowest BCUT2D eigenvalue weighted by molar-refractivity contribution is 0.147. The molecule has 0 aliphatic carbocycles. The smallest absolute Gasteiger partial charge is 0.0519 e. The van der Waals surface area contributed by atoms with E-state index in [2.05, 4.69) is 33.8 Å². The quantitative estimate of drug-likeness (QED) is 0.294. The lowest BCUT2D eigenvalue weighted by atomic mass is 9.88. The van der Waals surface area contributed by atoms with E-state index in [1.807, 2.05) is 0 Å². The monoisotopic (exact) mass is 488 g/mol. The molecule has 2 aliphatic rings. The minimum atomic E-state index is -0.868. The van der Waals surface area contributed by atoms with Crippen LogP contribution in [0.2, 0.25) is 0 Å². The summed E-state index contributed by atoms with van der Waals surface area (Å²) in [5.41, 5.74) is -0.0149. The van der Waals surface area contributed by atoms with Crippen LogP contribution in [0.25, 0.3) is 0 Å². The third kappa shape index (κ3) is 8.96. The average Bonchev–Trinajstić information content (AvgIpc) is 3.29. The minimum absolute atomic E-state index is 0.00407. The van der Waals surface area contributed by atoms with Crippen molar-refractivity contribution in [2.75, 3.05) is 13.2 Å². The second kappa shape index (κ2) is 13.2. The fraction of sp³-hybridized carbons (Fsp3) is 0.923. The number of allylic oxidation sites excluding steroid dienone is 2. The van der Waals surface area contributed by atoms with Crippen molar-refractivity contribution >= 4 is 21.6 Å². The zero-order valence-electron chi connectivity index (χ0n) is 20.9. The molecule has 0 radical (unpaired) electrons. The third-order valence-corrected chi connectivity index (χ3v) is 11.6. The molecule has 5 unspecified atom stereocenters. The molecule has 1 saturated heterocycles. The molecular formula is C26H48O4S2. The van der Waals surface area contributed by atoms with E-state index in [0.717, 1.165) is 88.4 Å². The van der Waals surface area contributed by atoms with E-state index in [0.29, 0.717) is 5.25 Å². The molecule has 6 heteroatoms. The van der Waals surface area contributed by atoms with E-state index in [-0.39, 0.29) is 34.5 Å². The van der Waals surface area contributed by atoms with Crippen molar-refractivity contribution in [3.8, 4) is 0 Å². The largest absolute Gasteiger partial charge is 0.396 e. The number of hydrogen-bond donors (Lipinski definition) is 2. The Bertz CT molecular complexity index is 656. The van der Waals surface area contributed by atoms with Crippen molar-refractivity contribution < 1.29 is 18.6 Å². The van der Waals surface area contributed by atoms with Crippen LogP contribution in [0.4, 0.5) is 0 Å². The third-order valence-electron chi connectivity index (χ3n) is 7.47. The van der Waals surface area contributed by atoms with Crippen molar-refractivity contribution in [3.63, 3.8) is 0 Å². The SMILES string of the molecule is CC(C)(CO)CCCCC1CC=C(CCC2CCC(CCCCC(C)(C)CO)S2=O)S1=O. The molecule has 2 aliphatic heterocycles. The Balaban J connectivity index is 1.64. The summed E-state index contributed by atoms with van der Waals surface area (Å²) in [6.07, 6.45) is 15.4. The van der Waals surface area contributed by atoms with Gasteiger partial charge in [0.2, 0.25) is 0 Å². The topological polar surface area (TPSA) is 74.6 Å². The minimum Gasteiger partial charge on any atom is -0.396 e. The van der Waals surface area contributed by atoms with Crippen molar-refractivity contribution in [1.29, 1.82) is 0 Å². The lowest BCUT2D eigenvalue weighted by Gasteiger charge is -2.21. The van der Waals surface area contributed by atoms with E-state index >= 15 is 0 Å². The molecule has 0 aromatic carbocycles. The van der Waals surface area contributed by atoms with Crippen LogP contribution in [-0.2, 0) is 21.6 Å². The summed E-state index contributed by atoms with van der Waals surface area (Å²) in [4.78, 5) is 1.09. The summed E-state index contributed by atoms with van der Waals surface area (Å²) < 4.78 is 25.8. The highest BCUT2D eigenvalue weighted by molar-refractivity contribution is 7.89. The Morgan fingerprint density at radius 1 is 0.812 bits per heavy atom. The van der Waals surface area contributed by atoms with Gasteiger partial charge in [-0.1, -0.05) is 59.5 Å². The van der Waals surface area contributed by atoms with Crippen LogP contribution in [0.5, 0.6) is 0 Å². The van der Waals surface area contributed by atoms with Crippen LogP contribution in [0.15, 0.2) is 11.0 Å². The predicted octanol–water partition coefficient (Wildman–Crippen LogP) is 5.61. The second-order valence-corrected chi connectivity index (χ2v) is 15.4. The van der Waals surface area contributed by atoms with Crippen LogP contribution in [-0.4, -0.2) is 47.6 Å². The van der Waals surface area contributed by atoms with Crippen LogP contribution in [0.3, 0.4) is 0 Å². The number of hydrogen-bond acceptors (Lipinski definition) is 4. The first-order valence-electron chi connectivity index (χ1n) is 12.8. The molecule has 5 atom stereocenters. The van der Waals surface area contributed by atoms with Gasteiger partial charge in [0.15, 0.2) is 0 Å². The highest BCUT2D eigenvalue weighted by Crippen LogP contribution is 2.35. The van der Waals surface area contributed by atoms with E-state index < -0.39 is 21.6 Å². The zero-order chi connectivity index (χ0) is 23.8. The molecule has 0 spiro atoms. The van der Waals surface area contributed by atoms with Gasteiger partial charge in [-0.3, -0.25) is 8.42 Å². The average molecular weight is 489 g/mol. The van der Waals surface area contributed by atoms with Crippen molar-refractivity contribution in [1.82, 2.24) is 0 Å². The van der Waals surface area contributed by atoms with Gasteiger partial charge in [0.1, 0.15) is 0 Å². The van der Waals surface area contributed by atoms with Crippen LogP contribution >= 0.6 is 0 Å². The van der Waals surface area contributed by atoms with E-state index in [1.54, 1.807) is 0 Å². The first-order valence-corrected chi connectivity index (χ1v) is 15.3. The van der Waals surface area contributed by atoms with Gasteiger partial charge in [0, 0.05) is 44.7 Å². The van der Waals surface area contributed by atoms with Gasteiger partial charge < -0.3 is 10.2 Å². The van der Waals surface area contributed by atoms with Crippen molar-refractivity contribution in [2.24, 2.45) is 10.8 Å². The van der Waals surface area contributed by atoms with E-state index in [9.17, 15) is 18.6 Å². The molecule has 4 nitrogen and oxygen atoms in total. The summed E-state index contributed by atoms with van der Waals surface area (Å²) in [6, 6.07) is 0. The van der Waals surface area contributed by atoms with E-state index in [1.165, 1.54) is 0 Å². The van der Waals surface area contributed by atoms with Crippen molar-refractivity contribution in [2.45, 2.75) is 127 Å². The normalized spacial score (nSPS) is 28.9. The molecule has 2 heterocycles. The Kier molecular flexibility index (Phi) is 11.6. The first-order chi connectivity index (χ1) is 15.1. The molecule has 0 saturated carbocycles. The fourth-order valence-corrected chi connectivity index (χ4v) is 8.57. The highest BCUT2D eigenvalue weighted by Gasteiger charge is 2.33. The number of unbranched alkanes of at least 4 members (excludes halogenated alkanes) is 2. The molecular weight excluding hydrogens is 440 g/mol. The Labute approximate surface area is 201 Å². The standard InChI is InChI=1S/C26H48O4S2/c1-25(2,19-27)17-7-5-9-21-11-13-23(31(21)29)15-16-24-14-12-22(32(24)30)10-6-8-18-26(3,4)20-28/h13,21-22,24,27-28H,5-12,14-20H2,1-4H3. The molecule has 0 aromatic heterocycles. The summed E-state index contributed by atoms with van der Waals surface area (Å²) in [5.74, 6) is 0. The Hall–Kier alpha value is -0.0400. The van der Waals surface area contributed by atoms with Gasteiger partial charge in [-0.15, -0.1) is 0 Å². The van der Waals surface area contributed by atoms with E-state index in [4.69, 9.17) is 0 Å². The predicted molar refractivity (Wildman–Crippen MR) is 137 cm³/mol. The summed E-state index contributed by atoms with van der Waals surface area (Å²) >= 11 is 0.